The highest BCUT2D eigenvalue weighted by atomic mass is 14.4. The summed E-state index contributed by atoms with van der Waals surface area (Å²) in [5.41, 5.74) is 7.24. The van der Waals surface area contributed by atoms with Gasteiger partial charge in [0.15, 0.2) is 0 Å². The molecule has 0 aromatic heterocycles. The fourth-order valence-corrected chi connectivity index (χ4v) is 5.21. The van der Waals surface area contributed by atoms with Crippen LogP contribution in [0.1, 0.15) is 65.5 Å². The van der Waals surface area contributed by atoms with E-state index in [4.69, 9.17) is 0 Å². The lowest BCUT2D eigenvalue weighted by atomic mass is 9.65. The first-order valence-corrected chi connectivity index (χ1v) is 12.5. The lowest BCUT2D eigenvalue weighted by Crippen LogP contribution is -2.29. The van der Waals surface area contributed by atoms with Gasteiger partial charge in [0.25, 0.3) is 0 Å². The van der Waals surface area contributed by atoms with Crippen molar-refractivity contribution in [2.75, 3.05) is 0 Å². The van der Waals surface area contributed by atoms with Gasteiger partial charge in [-0.2, -0.15) is 0 Å². The van der Waals surface area contributed by atoms with Crippen molar-refractivity contribution >= 4 is 16.3 Å². The van der Waals surface area contributed by atoms with E-state index in [1.807, 2.05) is 27.7 Å². The third kappa shape index (κ3) is 4.20. The molecule has 0 amide bonds. The zero-order valence-corrected chi connectivity index (χ0v) is 20.9. The quantitative estimate of drug-likeness (QED) is 0.369. The van der Waals surface area contributed by atoms with E-state index in [-0.39, 0.29) is 5.41 Å². The third-order valence-corrected chi connectivity index (χ3v) is 7.22. The summed E-state index contributed by atoms with van der Waals surface area (Å²) < 4.78 is 0. The molecular weight excluding hydrogens is 384 g/mol. The van der Waals surface area contributed by atoms with Crippen molar-refractivity contribution in [2.45, 2.75) is 60.8 Å². The smallest absolute Gasteiger partial charge is 0.0144 e. The molecule has 0 heteroatoms. The second-order valence-electron chi connectivity index (χ2n) is 8.89. The molecule has 2 aromatic rings. The van der Waals surface area contributed by atoms with Crippen molar-refractivity contribution in [1.82, 2.24) is 0 Å². The fourth-order valence-electron chi connectivity index (χ4n) is 5.21. The van der Waals surface area contributed by atoms with Crippen LogP contribution in [0.25, 0.3) is 16.3 Å². The summed E-state index contributed by atoms with van der Waals surface area (Å²) in [5, 5.41) is 2.72. The highest BCUT2D eigenvalue weighted by molar-refractivity contribution is 6.01. The van der Waals surface area contributed by atoms with Gasteiger partial charge in [-0.05, 0) is 64.1 Å². The van der Waals surface area contributed by atoms with Gasteiger partial charge in [-0.25, -0.2) is 0 Å². The van der Waals surface area contributed by atoms with Crippen LogP contribution in [0.2, 0.25) is 0 Å². The summed E-state index contributed by atoms with van der Waals surface area (Å²) in [6.45, 7) is 17.1. The Morgan fingerprint density at radius 2 is 1.62 bits per heavy atom. The largest absolute Gasteiger partial charge is 0.0956 e. The molecule has 0 bridgehead atoms. The average molecular weight is 425 g/mol. The number of fused-ring (bicyclic) bond motifs is 6. The maximum atomic E-state index is 4.35. The molecule has 0 N–H and O–H groups in total. The van der Waals surface area contributed by atoms with Gasteiger partial charge in [0.2, 0.25) is 0 Å². The van der Waals surface area contributed by atoms with Gasteiger partial charge in [0, 0.05) is 5.41 Å². The SMILES string of the molecule is C=C1/C=C\C2(C)C3=C(C=CC2C/C=C\CC1C)c1c(ccc2ccccc12)C3.CC.CC. The molecule has 0 nitrogen and oxygen atoms in total. The highest BCUT2D eigenvalue weighted by Crippen LogP contribution is 2.53. The Labute approximate surface area is 196 Å². The lowest BCUT2D eigenvalue weighted by Gasteiger charge is -2.39. The Hall–Kier alpha value is -2.60. The van der Waals surface area contributed by atoms with E-state index in [0.29, 0.717) is 11.8 Å². The number of allylic oxidation sites excluding steroid dienone is 9. The molecule has 0 spiro atoms. The van der Waals surface area contributed by atoms with E-state index in [2.05, 4.69) is 93.3 Å². The second kappa shape index (κ2) is 10.3. The van der Waals surface area contributed by atoms with Crippen LogP contribution in [0.15, 0.2) is 90.6 Å². The topological polar surface area (TPSA) is 0 Å². The highest BCUT2D eigenvalue weighted by Gasteiger charge is 2.41. The molecule has 0 heterocycles. The number of rotatable bonds is 0. The summed E-state index contributed by atoms with van der Waals surface area (Å²) in [4.78, 5) is 0. The van der Waals surface area contributed by atoms with E-state index in [1.54, 1.807) is 5.57 Å². The van der Waals surface area contributed by atoms with Gasteiger partial charge >= 0.3 is 0 Å². The van der Waals surface area contributed by atoms with Gasteiger partial charge in [0.1, 0.15) is 0 Å². The fraction of sp³-hybridized carbons (Fsp3) is 0.375. The Bertz CT molecular complexity index is 1090. The number of benzene rings is 2. The number of hydrogen-bond donors (Lipinski definition) is 0. The molecule has 5 rings (SSSR count). The normalized spacial score (nSPS) is 27.8. The predicted molar refractivity (Wildman–Crippen MR) is 144 cm³/mol. The molecule has 0 fully saturated rings. The van der Waals surface area contributed by atoms with Crippen LogP contribution < -0.4 is 0 Å². The Morgan fingerprint density at radius 3 is 2.41 bits per heavy atom. The maximum absolute atomic E-state index is 4.35. The van der Waals surface area contributed by atoms with Crippen LogP contribution in [-0.2, 0) is 6.42 Å². The van der Waals surface area contributed by atoms with E-state index in [0.717, 1.165) is 19.3 Å². The van der Waals surface area contributed by atoms with Crippen LogP contribution in [0.5, 0.6) is 0 Å². The van der Waals surface area contributed by atoms with Crippen LogP contribution in [0.3, 0.4) is 0 Å². The molecular formula is C32H40. The Balaban J connectivity index is 0.000000686. The van der Waals surface area contributed by atoms with Crippen molar-refractivity contribution in [3.05, 3.63) is 102 Å². The van der Waals surface area contributed by atoms with Crippen molar-refractivity contribution in [2.24, 2.45) is 17.3 Å². The minimum Gasteiger partial charge on any atom is -0.0956 e. The molecule has 0 aliphatic heterocycles. The first-order chi connectivity index (χ1) is 15.6. The first-order valence-electron chi connectivity index (χ1n) is 12.5. The zero-order chi connectivity index (χ0) is 23.3. The van der Waals surface area contributed by atoms with Crippen molar-refractivity contribution in [3.8, 4) is 0 Å². The molecule has 2 aromatic carbocycles. The van der Waals surface area contributed by atoms with Gasteiger partial charge in [-0.1, -0.05) is 127 Å². The van der Waals surface area contributed by atoms with E-state index in [1.165, 1.54) is 33.0 Å². The molecule has 3 unspecified atom stereocenters. The molecule has 0 radical (unpaired) electrons. The monoisotopic (exact) mass is 424 g/mol. The molecule has 0 saturated carbocycles. The molecule has 3 aliphatic rings. The third-order valence-electron chi connectivity index (χ3n) is 7.22. The summed E-state index contributed by atoms with van der Waals surface area (Å²) in [5.74, 6) is 1.01. The Kier molecular flexibility index (Phi) is 7.77. The lowest BCUT2D eigenvalue weighted by molar-refractivity contribution is 0.363. The van der Waals surface area contributed by atoms with E-state index < -0.39 is 0 Å². The maximum Gasteiger partial charge on any atom is 0.0144 e. The van der Waals surface area contributed by atoms with Crippen LogP contribution in [0, 0.1) is 17.3 Å². The number of hydrogen-bond acceptors (Lipinski definition) is 0. The van der Waals surface area contributed by atoms with Crippen LogP contribution in [0.4, 0.5) is 0 Å². The summed E-state index contributed by atoms with van der Waals surface area (Å²) in [6.07, 6.45) is 17.6. The summed E-state index contributed by atoms with van der Waals surface area (Å²) in [7, 11) is 0. The van der Waals surface area contributed by atoms with Crippen molar-refractivity contribution in [3.63, 3.8) is 0 Å². The van der Waals surface area contributed by atoms with Crippen molar-refractivity contribution < 1.29 is 0 Å². The summed E-state index contributed by atoms with van der Waals surface area (Å²) in [6, 6.07) is 13.4. The molecule has 32 heavy (non-hydrogen) atoms. The molecule has 0 saturated heterocycles. The zero-order valence-electron chi connectivity index (χ0n) is 20.9. The van der Waals surface area contributed by atoms with Crippen LogP contribution in [-0.4, -0.2) is 0 Å². The molecule has 3 atom stereocenters. The van der Waals surface area contributed by atoms with E-state index >= 15 is 0 Å². The standard InChI is InChI=1S/C28H28.2C2H6/c1-19-8-4-6-10-23-14-15-25-26(28(23,3)17-16-20(19)2)18-22-13-12-21-9-5-7-11-24(21)27(22)25;2*1-2/h4-7,9,11-17,19,23H,2,8,10,18H2,1,3H3;2*1-2H3/b6-4-,17-16-;;. The van der Waals surface area contributed by atoms with Crippen molar-refractivity contribution in [1.29, 1.82) is 0 Å². The first kappa shape index (κ1) is 24.1. The molecule has 3 aliphatic carbocycles. The summed E-state index contributed by atoms with van der Waals surface area (Å²) >= 11 is 0. The van der Waals surface area contributed by atoms with Gasteiger partial charge in [0.05, 0.1) is 0 Å². The van der Waals surface area contributed by atoms with Gasteiger partial charge in [-0.15, -0.1) is 0 Å². The molecule has 168 valence electrons. The van der Waals surface area contributed by atoms with Gasteiger partial charge in [-0.3, -0.25) is 0 Å². The average Bonchev–Trinajstić information content (AvgIpc) is 3.24. The second-order valence-corrected chi connectivity index (χ2v) is 8.89. The van der Waals surface area contributed by atoms with E-state index in [9.17, 15) is 0 Å². The van der Waals surface area contributed by atoms with Gasteiger partial charge < -0.3 is 0 Å². The van der Waals surface area contributed by atoms with Crippen LogP contribution >= 0.6 is 0 Å². The Morgan fingerprint density at radius 1 is 0.906 bits per heavy atom. The minimum atomic E-state index is 0.0363. The predicted octanol–water partition coefficient (Wildman–Crippen LogP) is 9.49. The minimum absolute atomic E-state index is 0.0363.